The topological polar surface area (TPSA) is 43.3 Å². The first-order valence-electron chi connectivity index (χ1n) is 5.64. The Kier molecular flexibility index (Phi) is 2.49. The molecule has 0 amide bonds. The summed E-state index contributed by atoms with van der Waals surface area (Å²) in [6, 6.07) is 9.62. The van der Waals surface area contributed by atoms with Crippen molar-refractivity contribution in [3.05, 3.63) is 53.3 Å². The number of halogens is 1. The maximum Gasteiger partial charge on any atom is 0.137 e. The molecule has 0 saturated heterocycles. The van der Waals surface area contributed by atoms with Crippen LogP contribution in [-0.4, -0.2) is 9.38 Å². The second-order valence-electron chi connectivity index (χ2n) is 4.31. The van der Waals surface area contributed by atoms with Crippen LogP contribution in [-0.2, 0) is 0 Å². The van der Waals surface area contributed by atoms with Crippen molar-refractivity contribution in [3.8, 4) is 11.3 Å². The molecule has 2 aromatic heterocycles. The number of nitrogens with zero attached hydrogens (tertiary/aromatic N) is 2. The predicted octanol–water partition coefficient (Wildman–Crippen LogP) is 3.55. The summed E-state index contributed by atoms with van der Waals surface area (Å²) in [5.41, 5.74) is 10.5. The lowest BCUT2D eigenvalue weighted by molar-refractivity contribution is 1.18. The van der Waals surface area contributed by atoms with E-state index in [9.17, 15) is 0 Å². The van der Waals surface area contributed by atoms with Crippen LogP contribution in [0.3, 0.4) is 0 Å². The minimum Gasteiger partial charge on any atom is -0.397 e. The SMILES string of the molecule is Cc1cc2nc(-c3ccc(Cl)cc3)cn2cc1N. The molecule has 0 saturated carbocycles. The Balaban J connectivity index is 2.16. The van der Waals surface area contributed by atoms with Gasteiger partial charge >= 0.3 is 0 Å². The van der Waals surface area contributed by atoms with Crippen molar-refractivity contribution < 1.29 is 0 Å². The van der Waals surface area contributed by atoms with Gasteiger partial charge in [0.1, 0.15) is 5.65 Å². The molecular weight excluding hydrogens is 246 g/mol. The van der Waals surface area contributed by atoms with Crippen molar-refractivity contribution in [2.75, 3.05) is 5.73 Å². The number of aryl methyl sites for hydroxylation is 1. The first-order chi connectivity index (χ1) is 8.63. The van der Waals surface area contributed by atoms with Gasteiger partial charge in [0.2, 0.25) is 0 Å². The number of imidazole rings is 1. The van der Waals surface area contributed by atoms with Crippen LogP contribution >= 0.6 is 11.6 Å². The average Bonchev–Trinajstić information content (AvgIpc) is 2.73. The minimum atomic E-state index is 0.725. The highest BCUT2D eigenvalue weighted by Crippen LogP contribution is 2.22. The van der Waals surface area contributed by atoms with Crippen molar-refractivity contribution in [2.45, 2.75) is 6.92 Å². The second kappa shape index (κ2) is 4.03. The molecule has 0 bridgehead atoms. The van der Waals surface area contributed by atoms with E-state index in [-0.39, 0.29) is 0 Å². The van der Waals surface area contributed by atoms with Gasteiger partial charge in [-0.3, -0.25) is 0 Å². The van der Waals surface area contributed by atoms with E-state index in [4.69, 9.17) is 17.3 Å². The lowest BCUT2D eigenvalue weighted by Crippen LogP contribution is -1.93. The van der Waals surface area contributed by atoms with Crippen molar-refractivity contribution in [2.24, 2.45) is 0 Å². The summed E-state index contributed by atoms with van der Waals surface area (Å²) in [5, 5.41) is 0.725. The van der Waals surface area contributed by atoms with Crippen molar-refractivity contribution in [3.63, 3.8) is 0 Å². The summed E-state index contributed by atoms with van der Waals surface area (Å²) < 4.78 is 1.94. The number of nitrogen functional groups attached to an aromatic ring is 1. The number of rotatable bonds is 1. The summed E-state index contributed by atoms with van der Waals surface area (Å²) in [7, 11) is 0. The fraction of sp³-hybridized carbons (Fsp3) is 0.0714. The highest BCUT2D eigenvalue weighted by Gasteiger charge is 2.05. The van der Waals surface area contributed by atoms with E-state index in [0.717, 1.165) is 33.2 Å². The summed E-state index contributed by atoms with van der Waals surface area (Å²) in [4.78, 5) is 4.58. The van der Waals surface area contributed by atoms with Crippen LogP contribution in [0, 0.1) is 6.92 Å². The van der Waals surface area contributed by atoms with Crippen LogP contribution in [0.25, 0.3) is 16.9 Å². The van der Waals surface area contributed by atoms with Crippen molar-refractivity contribution in [1.82, 2.24) is 9.38 Å². The van der Waals surface area contributed by atoms with Crippen molar-refractivity contribution >= 4 is 22.9 Å². The lowest BCUT2D eigenvalue weighted by atomic mass is 10.2. The molecule has 0 atom stereocenters. The zero-order valence-electron chi connectivity index (χ0n) is 9.89. The Labute approximate surface area is 110 Å². The van der Waals surface area contributed by atoms with E-state index in [1.165, 1.54) is 0 Å². The standard InChI is InChI=1S/C14H12ClN3/c1-9-6-14-17-13(8-18(14)7-12(9)16)10-2-4-11(15)5-3-10/h2-8H,16H2,1H3. The first-order valence-corrected chi connectivity index (χ1v) is 6.02. The molecule has 0 unspecified atom stereocenters. The van der Waals surface area contributed by atoms with Gasteiger partial charge in [-0.15, -0.1) is 0 Å². The number of aromatic nitrogens is 2. The summed E-state index contributed by atoms with van der Waals surface area (Å²) in [6.07, 6.45) is 3.85. The van der Waals surface area contributed by atoms with E-state index in [0.29, 0.717) is 0 Å². The molecule has 0 aliphatic rings. The van der Waals surface area contributed by atoms with Gasteiger partial charge in [0.25, 0.3) is 0 Å². The minimum absolute atomic E-state index is 0.725. The van der Waals surface area contributed by atoms with Gasteiger partial charge in [-0.1, -0.05) is 23.7 Å². The monoisotopic (exact) mass is 257 g/mol. The number of anilines is 1. The fourth-order valence-corrected chi connectivity index (χ4v) is 2.03. The molecule has 90 valence electrons. The summed E-state index contributed by atoms with van der Waals surface area (Å²) >= 11 is 5.88. The molecule has 0 fully saturated rings. The van der Waals surface area contributed by atoms with Crippen LogP contribution in [0.15, 0.2) is 42.7 Å². The Hall–Kier alpha value is -2.00. The molecular formula is C14H12ClN3. The van der Waals surface area contributed by atoms with Crippen LogP contribution in [0.4, 0.5) is 5.69 Å². The zero-order chi connectivity index (χ0) is 12.7. The molecule has 4 heteroatoms. The Morgan fingerprint density at radius 1 is 1.17 bits per heavy atom. The van der Waals surface area contributed by atoms with E-state index in [2.05, 4.69) is 4.98 Å². The molecule has 3 rings (SSSR count). The van der Waals surface area contributed by atoms with E-state index < -0.39 is 0 Å². The third kappa shape index (κ3) is 1.83. The zero-order valence-corrected chi connectivity index (χ0v) is 10.6. The molecule has 0 aliphatic heterocycles. The summed E-state index contributed by atoms with van der Waals surface area (Å²) in [5.74, 6) is 0. The Morgan fingerprint density at radius 3 is 2.61 bits per heavy atom. The van der Waals surface area contributed by atoms with Crippen LogP contribution < -0.4 is 5.73 Å². The second-order valence-corrected chi connectivity index (χ2v) is 4.75. The van der Waals surface area contributed by atoms with E-state index >= 15 is 0 Å². The largest absolute Gasteiger partial charge is 0.397 e. The van der Waals surface area contributed by atoms with E-state index in [1.54, 1.807) is 0 Å². The third-order valence-corrected chi connectivity index (χ3v) is 3.23. The molecule has 0 aliphatic carbocycles. The van der Waals surface area contributed by atoms with Gasteiger partial charge in [0, 0.05) is 23.0 Å². The Morgan fingerprint density at radius 2 is 1.89 bits per heavy atom. The molecule has 3 aromatic rings. The fourth-order valence-electron chi connectivity index (χ4n) is 1.91. The molecule has 0 spiro atoms. The lowest BCUT2D eigenvalue weighted by Gasteiger charge is -1.99. The van der Waals surface area contributed by atoms with E-state index in [1.807, 2.05) is 54.0 Å². The highest BCUT2D eigenvalue weighted by atomic mass is 35.5. The molecule has 1 aromatic carbocycles. The number of nitrogens with two attached hydrogens (primary N) is 1. The van der Waals surface area contributed by atoms with Gasteiger partial charge in [0.05, 0.1) is 11.4 Å². The van der Waals surface area contributed by atoms with Crippen molar-refractivity contribution in [1.29, 1.82) is 0 Å². The number of fused-ring (bicyclic) bond motifs is 1. The van der Waals surface area contributed by atoms with Crippen LogP contribution in [0.1, 0.15) is 5.56 Å². The maximum absolute atomic E-state index is 5.89. The first kappa shape index (κ1) is 11.1. The van der Waals surface area contributed by atoms with Gasteiger partial charge in [0.15, 0.2) is 0 Å². The smallest absolute Gasteiger partial charge is 0.137 e. The quantitative estimate of drug-likeness (QED) is 0.725. The van der Waals surface area contributed by atoms with Gasteiger partial charge in [-0.25, -0.2) is 4.98 Å². The van der Waals surface area contributed by atoms with Gasteiger partial charge in [-0.2, -0.15) is 0 Å². The number of pyridine rings is 1. The third-order valence-electron chi connectivity index (χ3n) is 2.98. The Bertz CT molecular complexity index is 675. The maximum atomic E-state index is 5.89. The average molecular weight is 258 g/mol. The van der Waals surface area contributed by atoms with Crippen LogP contribution in [0.2, 0.25) is 5.02 Å². The highest BCUT2D eigenvalue weighted by molar-refractivity contribution is 6.30. The molecule has 3 nitrogen and oxygen atoms in total. The number of hydrogen-bond acceptors (Lipinski definition) is 2. The number of hydrogen-bond donors (Lipinski definition) is 1. The summed E-state index contributed by atoms with van der Waals surface area (Å²) in [6.45, 7) is 1.98. The molecule has 2 N–H and O–H groups in total. The van der Waals surface area contributed by atoms with Gasteiger partial charge < -0.3 is 10.1 Å². The predicted molar refractivity (Wildman–Crippen MR) is 74.8 cm³/mol. The molecule has 18 heavy (non-hydrogen) atoms. The molecule has 0 radical (unpaired) electrons. The van der Waals surface area contributed by atoms with Crippen LogP contribution in [0.5, 0.6) is 0 Å². The number of benzene rings is 1. The molecule has 2 heterocycles. The van der Waals surface area contributed by atoms with Gasteiger partial charge in [-0.05, 0) is 30.7 Å². The normalized spacial score (nSPS) is 11.0.